The maximum Gasteiger partial charge on any atom is 0.340 e. The second-order valence-electron chi connectivity index (χ2n) is 6.12. The summed E-state index contributed by atoms with van der Waals surface area (Å²) >= 11 is 1.16. The summed E-state index contributed by atoms with van der Waals surface area (Å²) in [4.78, 5) is 16.8. The number of para-hydroxylation sites is 1. The Kier molecular flexibility index (Phi) is 4.95. The number of aromatic nitrogens is 2. The second kappa shape index (κ2) is 7.43. The number of ether oxygens (including phenoxy) is 1. The van der Waals surface area contributed by atoms with Crippen LogP contribution in [0.25, 0.3) is 10.9 Å². The predicted octanol–water partition coefficient (Wildman–Crippen LogP) is 3.20. The largest absolute Gasteiger partial charge is 0.465 e. The number of carbonyl (C=O) groups excluding carboxylic acids is 1. The molecule has 1 unspecified atom stereocenters. The number of hydrogen-bond donors (Lipinski definition) is 1. The summed E-state index contributed by atoms with van der Waals surface area (Å²) < 4.78 is 33.0. The number of aliphatic hydroxyl groups is 1. The molecule has 0 radical (unpaired) electrons. The predicted molar refractivity (Wildman–Crippen MR) is 108 cm³/mol. The van der Waals surface area contributed by atoms with Gasteiger partial charge in [0.1, 0.15) is 11.1 Å². The van der Waals surface area contributed by atoms with E-state index in [2.05, 4.69) is 4.98 Å². The van der Waals surface area contributed by atoms with Gasteiger partial charge in [-0.25, -0.2) is 22.2 Å². The highest BCUT2D eigenvalue weighted by atomic mass is 32.2. The maximum atomic E-state index is 13.5. The molecular formula is C20H16N2O5S2. The Bertz CT molecular complexity index is 1280. The van der Waals surface area contributed by atoms with Gasteiger partial charge in [0.05, 0.1) is 28.8 Å². The first-order chi connectivity index (χ1) is 14.0. The molecule has 4 rings (SSSR count). The van der Waals surface area contributed by atoms with Gasteiger partial charge >= 0.3 is 5.97 Å². The summed E-state index contributed by atoms with van der Waals surface area (Å²) in [6.45, 7) is 0. The maximum absolute atomic E-state index is 13.5. The van der Waals surface area contributed by atoms with E-state index in [1.54, 1.807) is 47.8 Å². The summed E-state index contributed by atoms with van der Waals surface area (Å²) in [5, 5.41) is 13.3. The van der Waals surface area contributed by atoms with Crippen LogP contribution in [0.15, 0.2) is 71.1 Å². The summed E-state index contributed by atoms with van der Waals surface area (Å²) in [5.74, 6) is -0.742. The van der Waals surface area contributed by atoms with E-state index in [0.29, 0.717) is 5.39 Å². The van der Waals surface area contributed by atoms with Crippen LogP contribution in [0, 0.1) is 0 Å². The lowest BCUT2D eigenvalue weighted by molar-refractivity contribution is 0.0597. The molecule has 4 aromatic rings. The van der Waals surface area contributed by atoms with Gasteiger partial charge in [-0.1, -0.05) is 36.4 Å². The lowest BCUT2D eigenvalue weighted by atomic mass is 10.1. The van der Waals surface area contributed by atoms with E-state index in [0.717, 1.165) is 15.3 Å². The number of aliphatic hydroxyl groups excluding tert-OH is 1. The molecule has 1 atom stereocenters. The standard InChI is InChI=1S/C20H16N2O5S2/c1-27-20(24)16-14-9-5-6-10-15(14)22(17(16)18(23)19-21-11-12-28-19)29(25,26)13-7-3-2-4-8-13/h2-12,18,23H,1H3. The zero-order valence-corrected chi connectivity index (χ0v) is 16.9. The van der Waals surface area contributed by atoms with Crippen LogP contribution >= 0.6 is 11.3 Å². The molecule has 0 aliphatic carbocycles. The summed E-state index contributed by atoms with van der Waals surface area (Å²) in [7, 11) is -2.92. The Balaban J connectivity index is 2.14. The van der Waals surface area contributed by atoms with E-state index in [4.69, 9.17) is 4.74 Å². The average molecular weight is 428 g/mol. The highest BCUT2D eigenvalue weighted by Crippen LogP contribution is 2.37. The van der Waals surface area contributed by atoms with Crippen LogP contribution in [0.3, 0.4) is 0 Å². The Hall–Kier alpha value is -3.01. The fourth-order valence-electron chi connectivity index (χ4n) is 3.24. The van der Waals surface area contributed by atoms with Crippen LogP contribution in [-0.2, 0) is 14.8 Å². The lowest BCUT2D eigenvalue weighted by Gasteiger charge is -2.16. The van der Waals surface area contributed by atoms with Crippen molar-refractivity contribution in [3.8, 4) is 0 Å². The van der Waals surface area contributed by atoms with E-state index >= 15 is 0 Å². The topological polar surface area (TPSA) is 98.5 Å². The number of thiazole rings is 1. The molecule has 9 heteroatoms. The van der Waals surface area contributed by atoms with Crippen molar-refractivity contribution in [2.45, 2.75) is 11.0 Å². The minimum absolute atomic E-state index is 0.00898. The first-order valence-corrected chi connectivity index (χ1v) is 10.9. The SMILES string of the molecule is COC(=O)c1c(C(O)c2nccs2)n(S(=O)(=O)c2ccccc2)c2ccccc12. The minimum Gasteiger partial charge on any atom is -0.465 e. The minimum atomic E-state index is -4.13. The van der Waals surface area contributed by atoms with Gasteiger partial charge < -0.3 is 9.84 Å². The van der Waals surface area contributed by atoms with Crippen LogP contribution < -0.4 is 0 Å². The first kappa shape index (κ1) is 19.3. The molecule has 0 saturated heterocycles. The van der Waals surface area contributed by atoms with E-state index in [1.165, 1.54) is 25.4 Å². The van der Waals surface area contributed by atoms with E-state index in [-0.39, 0.29) is 26.7 Å². The van der Waals surface area contributed by atoms with Gasteiger partial charge in [-0.15, -0.1) is 11.3 Å². The van der Waals surface area contributed by atoms with E-state index in [1.807, 2.05) is 0 Å². The summed E-state index contributed by atoms with van der Waals surface area (Å²) in [5.41, 5.74) is 0.157. The molecule has 0 aliphatic heterocycles. The van der Waals surface area contributed by atoms with Crippen molar-refractivity contribution >= 4 is 38.2 Å². The number of carbonyl (C=O) groups is 1. The third kappa shape index (κ3) is 3.13. The van der Waals surface area contributed by atoms with Gasteiger partial charge in [0.25, 0.3) is 10.0 Å². The van der Waals surface area contributed by atoms with Crippen molar-refractivity contribution in [2.75, 3.05) is 7.11 Å². The fraction of sp³-hybridized carbons (Fsp3) is 0.100. The van der Waals surface area contributed by atoms with Crippen LogP contribution in [-0.4, -0.2) is 35.6 Å². The molecular weight excluding hydrogens is 412 g/mol. The number of nitrogens with zero attached hydrogens (tertiary/aromatic N) is 2. The molecule has 0 aliphatic rings. The number of hydrogen-bond acceptors (Lipinski definition) is 7. The monoisotopic (exact) mass is 428 g/mol. The van der Waals surface area contributed by atoms with Gasteiger partial charge in [-0.2, -0.15) is 0 Å². The van der Waals surface area contributed by atoms with E-state index in [9.17, 15) is 18.3 Å². The molecule has 29 heavy (non-hydrogen) atoms. The highest BCUT2D eigenvalue weighted by Gasteiger charge is 2.34. The zero-order valence-electron chi connectivity index (χ0n) is 15.2. The number of benzene rings is 2. The normalized spacial score (nSPS) is 12.8. The van der Waals surface area contributed by atoms with Gasteiger partial charge in [0.15, 0.2) is 0 Å². The molecule has 0 amide bonds. The van der Waals surface area contributed by atoms with Crippen molar-refractivity contribution in [1.29, 1.82) is 0 Å². The zero-order chi connectivity index (χ0) is 20.6. The summed E-state index contributed by atoms with van der Waals surface area (Å²) in [6, 6.07) is 14.4. The van der Waals surface area contributed by atoms with Gasteiger partial charge in [-0.3, -0.25) is 0 Å². The third-order valence-corrected chi connectivity index (χ3v) is 7.05. The first-order valence-electron chi connectivity index (χ1n) is 8.56. The van der Waals surface area contributed by atoms with Gasteiger partial charge in [0, 0.05) is 17.0 Å². The van der Waals surface area contributed by atoms with Gasteiger partial charge in [0.2, 0.25) is 0 Å². The van der Waals surface area contributed by atoms with Crippen molar-refractivity contribution < 1.29 is 23.1 Å². The third-order valence-electron chi connectivity index (χ3n) is 4.48. The Morgan fingerprint density at radius 3 is 2.48 bits per heavy atom. The molecule has 2 aromatic carbocycles. The molecule has 1 N–H and O–H groups in total. The number of esters is 1. The molecule has 0 saturated carbocycles. The molecule has 2 aromatic heterocycles. The number of rotatable bonds is 5. The van der Waals surface area contributed by atoms with Crippen LogP contribution in [0.1, 0.15) is 27.2 Å². The molecule has 0 spiro atoms. The van der Waals surface area contributed by atoms with Crippen molar-refractivity contribution in [3.63, 3.8) is 0 Å². The number of methoxy groups -OCH3 is 1. The highest BCUT2D eigenvalue weighted by molar-refractivity contribution is 7.90. The average Bonchev–Trinajstić information content (AvgIpc) is 3.40. The lowest BCUT2D eigenvalue weighted by Crippen LogP contribution is -2.20. The van der Waals surface area contributed by atoms with E-state index < -0.39 is 22.1 Å². The quantitative estimate of drug-likeness (QED) is 0.490. The summed E-state index contributed by atoms with van der Waals surface area (Å²) in [6.07, 6.45) is 0.0645. The van der Waals surface area contributed by atoms with Crippen LogP contribution in [0.5, 0.6) is 0 Å². The van der Waals surface area contributed by atoms with Crippen molar-refractivity contribution in [3.05, 3.63) is 82.4 Å². The van der Waals surface area contributed by atoms with Gasteiger partial charge in [-0.05, 0) is 18.2 Å². The smallest absolute Gasteiger partial charge is 0.340 e. The van der Waals surface area contributed by atoms with Crippen molar-refractivity contribution in [1.82, 2.24) is 8.96 Å². The van der Waals surface area contributed by atoms with Crippen LogP contribution in [0.2, 0.25) is 0 Å². The molecule has 0 fully saturated rings. The molecule has 7 nitrogen and oxygen atoms in total. The van der Waals surface area contributed by atoms with Crippen molar-refractivity contribution in [2.24, 2.45) is 0 Å². The Labute approximate surface area is 170 Å². The fourth-order valence-corrected chi connectivity index (χ4v) is 5.44. The Morgan fingerprint density at radius 2 is 1.83 bits per heavy atom. The molecule has 148 valence electrons. The number of fused-ring (bicyclic) bond motifs is 1. The second-order valence-corrected chi connectivity index (χ2v) is 8.84. The Morgan fingerprint density at radius 1 is 1.14 bits per heavy atom. The van der Waals surface area contributed by atoms with Crippen LogP contribution in [0.4, 0.5) is 0 Å². The molecule has 2 heterocycles. The molecule has 0 bridgehead atoms.